The summed E-state index contributed by atoms with van der Waals surface area (Å²) in [6.45, 7) is 9.51. The first kappa shape index (κ1) is 40.3. The lowest BCUT2D eigenvalue weighted by Crippen LogP contribution is -2.62. The van der Waals surface area contributed by atoms with Gasteiger partial charge in [-0.25, -0.2) is 5.48 Å². The van der Waals surface area contributed by atoms with E-state index in [1.54, 1.807) is 19.1 Å². The van der Waals surface area contributed by atoms with Crippen LogP contribution in [0, 0.1) is 58.7 Å². The Labute approximate surface area is 313 Å². The standard InChI is InChI=1S/C41H72N4O7/c1-24-33-19-30(41(33,3)4)20-34(24)42-40(49)37-36(25(2)47)35(22-46)52-45(37)21-27-14-11-15-32(38(27)50-7)28-16-29(18-31(17-28)44(5)6)39(48)43-51-23-26-12-9-8-10-13-26/h24-38,46-47H,8-23H2,1-7H3,(H,42,49)(H,43,48)/t24-,25-,27?,28?,29?,30+,31?,32?,33-,34?,35-,36-,37-,38?/m0/s1. The zero-order chi connectivity index (χ0) is 37.3. The highest BCUT2D eigenvalue weighted by Gasteiger charge is 2.58. The Morgan fingerprint density at radius 1 is 1.00 bits per heavy atom. The molecule has 2 amide bonds. The van der Waals surface area contributed by atoms with E-state index in [1.165, 1.54) is 38.5 Å². The number of nitrogens with one attached hydrogen (secondary N) is 2. The highest BCUT2D eigenvalue weighted by atomic mass is 16.7. The quantitative estimate of drug-likeness (QED) is 0.202. The van der Waals surface area contributed by atoms with E-state index in [4.69, 9.17) is 14.4 Å². The summed E-state index contributed by atoms with van der Waals surface area (Å²) in [5.74, 6) is 2.01. The minimum Gasteiger partial charge on any atom is -0.394 e. The number of hydroxylamine groups is 3. The molecule has 1 heterocycles. The van der Waals surface area contributed by atoms with E-state index in [0.29, 0.717) is 48.2 Å². The van der Waals surface area contributed by atoms with Crippen LogP contribution in [0.5, 0.6) is 0 Å². The summed E-state index contributed by atoms with van der Waals surface area (Å²) < 4.78 is 6.38. The molecule has 1 saturated heterocycles. The SMILES string of the molecule is COC1C(CN2O[C@@H](CO)[C@H]([C@H](C)O)[C@H]2C(=O)NC2C[C@H]3C[C@@H]([C@@H]2C)C3(C)C)CCCC1C1CC(C(=O)NOCC2CCCCC2)CC(N(C)C)C1. The summed E-state index contributed by atoms with van der Waals surface area (Å²) in [5, 5.41) is 26.6. The number of carbonyl (C=O) groups is 2. The molecule has 2 bridgehead atoms. The number of nitrogens with zero attached hydrogens (tertiary/aromatic N) is 2. The van der Waals surface area contributed by atoms with Gasteiger partial charge in [-0.2, -0.15) is 5.06 Å². The Morgan fingerprint density at radius 3 is 2.38 bits per heavy atom. The highest BCUT2D eigenvalue weighted by molar-refractivity contribution is 5.83. The topological polar surface area (TPSA) is 133 Å². The Morgan fingerprint density at radius 2 is 1.75 bits per heavy atom. The Bertz CT molecular complexity index is 1200. The van der Waals surface area contributed by atoms with Crippen LogP contribution in [0.2, 0.25) is 0 Å². The average molecular weight is 733 g/mol. The number of ether oxygens (including phenoxy) is 1. The molecular weight excluding hydrogens is 660 g/mol. The first-order valence-electron chi connectivity index (χ1n) is 21.0. The summed E-state index contributed by atoms with van der Waals surface area (Å²) >= 11 is 0. The molecule has 298 valence electrons. The summed E-state index contributed by atoms with van der Waals surface area (Å²) in [5.41, 5.74) is 3.17. The van der Waals surface area contributed by atoms with E-state index >= 15 is 0 Å². The highest BCUT2D eigenvalue weighted by Crippen LogP contribution is 2.61. The van der Waals surface area contributed by atoms with Crippen molar-refractivity contribution in [2.45, 2.75) is 148 Å². The number of rotatable bonds is 13. The third kappa shape index (κ3) is 8.41. The number of amides is 2. The second-order valence-electron chi connectivity index (χ2n) is 18.9. The van der Waals surface area contributed by atoms with Crippen molar-refractivity contribution < 1.29 is 34.2 Å². The van der Waals surface area contributed by atoms with Crippen LogP contribution in [0.1, 0.15) is 111 Å². The van der Waals surface area contributed by atoms with Gasteiger partial charge in [-0.3, -0.25) is 19.3 Å². The van der Waals surface area contributed by atoms with E-state index in [2.05, 4.69) is 50.6 Å². The Balaban J connectivity index is 1.13. The third-order valence-corrected chi connectivity index (χ3v) is 15.4. The van der Waals surface area contributed by atoms with Gasteiger partial charge in [0.2, 0.25) is 11.8 Å². The lowest BCUT2D eigenvalue weighted by Gasteiger charge is -2.62. The van der Waals surface area contributed by atoms with Crippen molar-refractivity contribution in [3.8, 4) is 0 Å². The molecule has 7 unspecified atom stereocenters. The van der Waals surface area contributed by atoms with Crippen molar-refractivity contribution in [3.05, 3.63) is 0 Å². The summed E-state index contributed by atoms with van der Waals surface area (Å²) in [4.78, 5) is 42.3. The van der Waals surface area contributed by atoms with Crippen LogP contribution in [0.3, 0.4) is 0 Å². The van der Waals surface area contributed by atoms with Crippen LogP contribution in [-0.2, 0) is 24.0 Å². The number of aliphatic hydroxyl groups excluding tert-OH is 2. The molecule has 52 heavy (non-hydrogen) atoms. The number of carbonyl (C=O) groups excluding carboxylic acids is 2. The molecule has 7 aliphatic rings. The van der Waals surface area contributed by atoms with E-state index in [1.807, 2.05) is 0 Å². The Kier molecular flexibility index (Phi) is 13.3. The van der Waals surface area contributed by atoms with Crippen molar-refractivity contribution in [1.82, 2.24) is 20.8 Å². The number of aliphatic hydroxyl groups is 2. The van der Waals surface area contributed by atoms with Crippen LogP contribution >= 0.6 is 0 Å². The fraction of sp³-hybridized carbons (Fsp3) is 0.951. The zero-order valence-corrected chi connectivity index (χ0v) is 33.3. The molecule has 0 spiro atoms. The predicted octanol–water partition coefficient (Wildman–Crippen LogP) is 4.55. The molecule has 11 heteroatoms. The number of hydrogen-bond donors (Lipinski definition) is 4. The van der Waals surface area contributed by atoms with E-state index < -0.39 is 24.2 Å². The fourth-order valence-corrected chi connectivity index (χ4v) is 12.1. The Hall–Kier alpha value is -1.34. The van der Waals surface area contributed by atoms with Crippen molar-refractivity contribution in [1.29, 1.82) is 0 Å². The largest absolute Gasteiger partial charge is 0.394 e. The molecule has 11 nitrogen and oxygen atoms in total. The van der Waals surface area contributed by atoms with Gasteiger partial charge in [0.15, 0.2) is 0 Å². The van der Waals surface area contributed by atoms with Gasteiger partial charge >= 0.3 is 0 Å². The van der Waals surface area contributed by atoms with E-state index in [9.17, 15) is 19.8 Å². The van der Waals surface area contributed by atoms with Crippen LogP contribution in [0.25, 0.3) is 0 Å². The normalized spacial score (nSPS) is 41.7. The predicted molar refractivity (Wildman–Crippen MR) is 199 cm³/mol. The van der Waals surface area contributed by atoms with Gasteiger partial charge in [0.05, 0.1) is 25.4 Å². The second-order valence-corrected chi connectivity index (χ2v) is 18.9. The van der Waals surface area contributed by atoms with Crippen molar-refractivity contribution in [2.75, 3.05) is 41.0 Å². The second kappa shape index (κ2) is 17.2. The van der Waals surface area contributed by atoms with Gasteiger partial charge in [-0.05, 0) is 120 Å². The molecule has 6 aliphatic carbocycles. The number of methoxy groups -OCH3 is 1. The molecular formula is C41H72N4O7. The molecule has 0 aromatic heterocycles. The molecule has 0 aromatic rings. The van der Waals surface area contributed by atoms with Gasteiger partial charge in [-0.15, -0.1) is 0 Å². The molecule has 0 radical (unpaired) electrons. The molecule has 0 aromatic carbocycles. The van der Waals surface area contributed by atoms with E-state index in [-0.39, 0.29) is 54.4 Å². The van der Waals surface area contributed by atoms with Gasteiger partial charge in [0.1, 0.15) is 12.1 Å². The molecule has 4 N–H and O–H groups in total. The number of fused-ring (bicyclic) bond motifs is 2. The van der Waals surface area contributed by atoms with Gasteiger partial charge in [-0.1, -0.05) is 46.5 Å². The molecule has 7 fully saturated rings. The lowest BCUT2D eigenvalue weighted by atomic mass is 9.45. The maximum Gasteiger partial charge on any atom is 0.246 e. The average Bonchev–Trinajstić information content (AvgIpc) is 3.51. The van der Waals surface area contributed by atoms with Crippen LogP contribution in [-0.4, -0.2) is 109 Å². The minimum absolute atomic E-state index is 0.000340. The third-order valence-electron chi connectivity index (χ3n) is 15.4. The van der Waals surface area contributed by atoms with Gasteiger partial charge in [0.25, 0.3) is 0 Å². The maximum atomic E-state index is 14.3. The van der Waals surface area contributed by atoms with Crippen molar-refractivity contribution in [2.24, 2.45) is 58.7 Å². The van der Waals surface area contributed by atoms with Crippen LogP contribution in [0.4, 0.5) is 0 Å². The van der Waals surface area contributed by atoms with Gasteiger partial charge in [0, 0.05) is 43.5 Å². The monoisotopic (exact) mass is 733 g/mol. The molecule has 7 rings (SSSR count). The molecule has 1 aliphatic heterocycles. The summed E-state index contributed by atoms with van der Waals surface area (Å²) in [6, 6.07) is -0.321. The lowest BCUT2D eigenvalue weighted by molar-refractivity contribution is -0.193. The molecule has 6 saturated carbocycles. The first-order chi connectivity index (χ1) is 24.8. The minimum atomic E-state index is -0.828. The van der Waals surface area contributed by atoms with Gasteiger partial charge < -0.3 is 25.2 Å². The van der Waals surface area contributed by atoms with Crippen molar-refractivity contribution >= 4 is 11.8 Å². The summed E-state index contributed by atoms with van der Waals surface area (Å²) in [7, 11) is 6.03. The van der Waals surface area contributed by atoms with Crippen LogP contribution in [0.15, 0.2) is 0 Å². The summed E-state index contributed by atoms with van der Waals surface area (Å²) in [6.07, 6.45) is 12.5. The fourth-order valence-electron chi connectivity index (χ4n) is 12.1. The van der Waals surface area contributed by atoms with Crippen LogP contribution < -0.4 is 10.8 Å². The maximum absolute atomic E-state index is 14.3. The molecule has 14 atom stereocenters. The van der Waals surface area contributed by atoms with E-state index in [0.717, 1.165) is 44.9 Å². The van der Waals surface area contributed by atoms with Crippen molar-refractivity contribution in [3.63, 3.8) is 0 Å². The smallest absolute Gasteiger partial charge is 0.246 e. The zero-order valence-electron chi connectivity index (χ0n) is 33.3. The first-order valence-corrected chi connectivity index (χ1v) is 21.0. The number of hydrogen-bond acceptors (Lipinski definition) is 9.